The smallest absolute Gasteiger partial charge is 0.0997 e. The van der Waals surface area contributed by atoms with Gasteiger partial charge in [0.1, 0.15) is 0 Å². The number of aromatic nitrogens is 2. The fourth-order valence-electron chi connectivity index (χ4n) is 1.94. The van der Waals surface area contributed by atoms with Crippen molar-refractivity contribution in [3.05, 3.63) is 47.5 Å². The molecule has 0 spiro atoms. The van der Waals surface area contributed by atoms with E-state index in [2.05, 4.69) is 54.6 Å². The van der Waals surface area contributed by atoms with Crippen LogP contribution in [0.25, 0.3) is 5.69 Å². The van der Waals surface area contributed by atoms with Crippen LogP contribution < -0.4 is 0 Å². The number of para-hydroxylation sites is 1. The minimum absolute atomic E-state index is 0.526. The highest BCUT2D eigenvalue weighted by molar-refractivity contribution is 5.44. The van der Waals surface area contributed by atoms with Crippen molar-refractivity contribution in [1.29, 1.82) is 0 Å². The highest BCUT2D eigenvalue weighted by Crippen LogP contribution is 2.24. The zero-order chi connectivity index (χ0) is 11.7. The van der Waals surface area contributed by atoms with E-state index in [-0.39, 0.29) is 0 Å². The van der Waals surface area contributed by atoms with E-state index in [1.165, 1.54) is 16.9 Å². The van der Waals surface area contributed by atoms with Crippen LogP contribution in [0.15, 0.2) is 30.6 Å². The maximum atomic E-state index is 4.36. The van der Waals surface area contributed by atoms with Gasteiger partial charge >= 0.3 is 0 Å². The summed E-state index contributed by atoms with van der Waals surface area (Å²) in [6.45, 7) is 8.60. The molecule has 0 unspecified atom stereocenters. The number of aryl methyl sites for hydroxylation is 1. The van der Waals surface area contributed by atoms with Gasteiger partial charge in [0.25, 0.3) is 0 Å². The second-order valence-electron chi connectivity index (χ2n) is 4.50. The summed E-state index contributed by atoms with van der Waals surface area (Å²) in [6, 6.07) is 8.52. The van der Waals surface area contributed by atoms with Crippen molar-refractivity contribution in [3.63, 3.8) is 0 Å². The Morgan fingerprint density at radius 3 is 2.38 bits per heavy atom. The molecule has 2 heteroatoms. The summed E-state index contributed by atoms with van der Waals surface area (Å²) >= 11 is 0. The van der Waals surface area contributed by atoms with Gasteiger partial charge in [-0.1, -0.05) is 32.0 Å². The molecule has 0 N–H and O–H groups in total. The molecule has 2 nitrogen and oxygen atoms in total. The normalized spacial score (nSPS) is 11.1. The van der Waals surface area contributed by atoms with Crippen LogP contribution in [0, 0.1) is 13.8 Å². The minimum atomic E-state index is 0.526. The predicted molar refractivity (Wildman–Crippen MR) is 67.1 cm³/mol. The second-order valence-corrected chi connectivity index (χ2v) is 4.50. The molecule has 0 aliphatic carbocycles. The molecule has 0 saturated heterocycles. The van der Waals surface area contributed by atoms with E-state index in [0.29, 0.717) is 5.92 Å². The van der Waals surface area contributed by atoms with Gasteiger partial charge in [-0.3, -0.25) is 0 Å². The highest BCUT2D eigenvalue weighted by Gasteiger charge is 2.10. The molecule has 1 heterocycles. The van der Waals surface area contributed by atoms with E-state index >= 15 is 0 Å². The molecule has 0 atom stereocenters. The summed E-state index contributed by atoms with van der Waals surface area (Å²) in [6.07, 6.45) is 1.91. The Balaban J connectivity index is 2.60. The first-order chi connectivity index (χ1) is 7.61. The molecule has 1 aromatic carbocycles. The van der Waals surface area contributed by atoms with Gasteiger partial charge in [-0.25, -0.2) is 4.98 Å². The Hall–Kier alpha value is -1.57. The molecule has 84 valence electrons. The molecule has 0 bridgehead atoms. The van der Waals surface area contributed by atoms with E-state index in [1.807, 2.05) is 13.3 Å². The van der Waals surface area contributed by atoms with Crippen molar-refractivity contribution in [2.75, 3.05) is 0 Å². The molecule has 0 aliphatic rings. The number of hydrogen-bond acceptors (Lipinski definition) is 1. The highest BCUT2D eigenvalue weighted by atomic mass is 15.1. The van der Waals surface area contributed by atoms with Gasteiger partial charge in [-0.15, -0.1) is 0 Å². The largest absolute Gasteiger partial charge is 0.303 e. The van der Waals surface area contributed by atoms with E-state index in [1.54, 1.807) is 0 Å². The molecule has 0 aliphatic heterocycles. The van der Waals surface area contributed by atoms with E-state index in [9.17, 15) is 0 Å². The van der Waals surface area contributed by atoms with Gasteiger partial charge in [0, 0.05) is 5.69 Å². The topological polar surface area (TPSA) is 17.8 Å². The lowest BCUT2D eigenvalue weighted by Crippen LogP contribution is -2.01. The number of hydrogen-bond donors (Lipinski definition) is 0. The number of benzene rings is 1. The summed E-state index contributed by atoms with van der Waals surface area (Å²) < 4.78 is 2.17. The fourth-order valence-corrected chi connectivity index (χ4v) is 1.94. The van der Waals surface area contributed by atoms with Crippen LogP contribution in [0.5, 0.6) is 0 Å². The Morgan fingerprint density at radius 2 is 1.81 bits per heavy atom. The summed E-state index contributed by atoms with van der Waals surface area (Å²) in [5.41, 5.74) is 4.92. The number of imidazole rings is 1. The zero-order valence-corrected chi connectivity index (χ0v) is 10.4. The molecule has 0 fully saturated rings. The Kier molecular flexibility index (Phi) is 2.82. The standard InChI is InChI=1S/C14H18N2/c1-10(2)13-7-5-6-8-14(13)16-9-15-11(3)12(16)4/h5-10H,1-4H3. The monoisotopic (exact) mass is 214 g/mol. The SMILES string of the molecule is Cc1ncn(-c2ccccc2C(C)C)c1C. The first-order valence-corrected chi connectivity index (χ1v) is 5.71. The molecule has 0 radical (unpaired) electrons. The fraction of sp³-hybridized carbons (Fsp3) is 0.357. The third kappa shape index (κ3) is 1.75. The molecule has 1 aromatic heterocycles. The summed E-state index contributed by atoms with van der Waals surface area (Å²) in [4.78, 5) is 4.36. The predicted octanol–water partition coefficient (Wildman–Crippen LogP) is 3.61. The van der Waals surface area contributed by atoms with Gasteiger partial charge in [-0.2, -0.15) is 0 Å². The van der Waals surface area contributed by atoms with Crippen molar-refractivity contribution in [3.8, 4) is 5.69 Å². The van der Waals surface area contributed by atoms with Crippen LogP contribution in [0.2, 0.25) is 0 Å². The van der Waals surface area contributed by atoms with Crippen LogP contribution >= 0.6 is 0 Å². The number of nitrogens with zero attached hydrogens (tertiary/aromatic N) is 2. The van der Waals surface area contributed by atoms with Crippen LogP contribution in [0.1, 0.15) is 36.7 Å². The van der Waals surface area contributed by atoms with Crippen LogP contribution in [-0.4, -0.2) is 9.55 Å². The average molecular weight is 214 g/mol. The second kappa shape index (κ2) is 4.12. The first kappa shape index (κ1) is 10.9. The zero-order valence-electron chi connectivity index (χ0n) is 10.4. The molecular weight excluding hydrogens is 196 g/mol. The van der Waals surface area contributed by atoms with Gasteiger partial charge < -0.3 is 4.57 Å². The van der Waals surface area contributed by atoms with Gasteiger partial charge in [0.05, 0.1) is 17.7 Å². The number of rotatable bonds is 2. The molecule has 2 rings (SSSR count). The van der Waals surface area contributed by atoms with Crippen LogP contribution in [-0.2, 0) is 0 Å². The summed E-state index contributed by atoms with van der Waals surface area (Å²) in [7, 11) is 0. The molecule has 0 saturated carbocycles. The van der Waals surface area contributed by atoms with Gasteiger partial charge in [-0.05, 0) is 31.4 Å². The molecule has 2 aromatic rings. The molecular formula is C14H18N2. The minimum Gasteiger partial charge on any atom is -0.303 e. The van der Waals surface area contributed by atoms with Crippen LogP contribution in [0.3, 0.4) is 0 Å². The molecule has 16 heavy (non-hydrogen) atoms. The van der Waals surface area contributed by atoms with E-state index in [4.69, 9.17) is 0 Å². The first-order valence-electron chi connectivity index (χ1n) is 5.71. The van der Waals surface area contributed by atoms with E-state index < -0.39 is 0 Å². The lowest BCUT2D eigenvalue weighted by Gasteiger charge is -2.14. The Morgan fingerprint density at radius 1 is 1.12 bits per heavy atom. The summed E-state index contributed by atoms with van der Waals surface area (Å²) in [5, 5.41) is 0. The van der Waals surface area contributed by atoms with Crippen molar-refractivity contribution in [2.24, 2.45) is 0 Å². The van der Waals surface area contributed by atoms with Crippen molar-refractivity contribution >= 4 is 0 Å². The van der Waals surface area contributed by atoms with Crippen LogP contribution in [0.4, 0.5) is 0 Å². The molecule has 0 amide bonds. The summed E-state index contributed by atoms with van der Waals surface area (Å²) in [5.74, 6) is 0.526. The lowest BCUT2D eigenvalue weighted by molar-refractivity contribution is 0.840. The Labute approximate surface area is 97.0 Å². The van der Waals surface area contributed by atoms with Crippen molar-refractivity contribution < 1.29 is 0 Å². The quantitative estimate of drug-likeness (QED) is 0.746. The maximum Gasteiger partial charge on any atom is 0.0997 e. The van der Waals surface area contributed by atoms with Crippen molar-refractivity contribution in [2.45, 2.75) is 33.6 Å². The average Bonchev–Trinajstić information content (AvgIpc) is 2.60. The maximum absolute atomic E-state index is 4.36. The van der Waals surface area contributed by atoms with Gasteiger partial charge in [0.15, 0.2) is 0 Å². The third-order valence-electron chi connectivity index (χ3n) is 3.07. The van der Waals surface area contributed by atoms with Crippen molar-refractivity contribution in [1.82, 2.24) is 9.55 Å². The third-order valence-corrected chi connectivity index (χ3v) is 3.07. The van der Waals surface area contributed by atoms with E-state index in [0.717, 1.165) is 5.69 Å². The Bertz CT molecular complexity index is 495. The lowest BCUT2D eigenvalue weighted by atomic mass is 10.0. The van der Waals surface area contributed by atoms with Gasteiger partial charge in [0.2, 0.25) is 0 Å².